The van der Waals surface area contributed by atoms with E-state index >= 15 is 0 Å². The lowest BCUT2D eigenvalue weighted by atomic mass is 9.89. The van der Waals surface area contributed by atoms with Gasteiger partial charge in [-0.05, 0) is 30.0 Å². The highest BCUT2D eigenvalue weighted by atomic mass is 32.1. The smallest absolute Gasteiger partial charge is 0.231 e. The molecule has 3 atom stereocenters. The third-order valence-electron chi connectivity index (χ3n) is 4.15. The van der Waals surface area contributed by atoms with Gasteiger partial charge in [0.15, 0.2) is 5.13 Å². The van der Waals surface area contributed by atoms with Crippen LogP contribution in [0.1, 0.15) is 31.7 Å². The number of carbonyl (C=O) groups is 1. The van der Waals surface area contributed by atoms with Crippen molar-refractivity contribution in [1.29, 1.82) is 0 Å². The summed E-state index contributed by atoms with van der Waals surface area (Å²) in [7, 11) is 1.79. The molecule has 23 heavy (non-hydrogen) atoms. The first-order chi connectivity index (χ1) is 11.0. The fraction of sp³-hybridized carbons (Fsp3) is 0.471. The summed E-state index contributed by atoms with van der Waals surface area (Å²) >= 11 is 1.46. The molecule has 1 amide bonds. The molecule has 3 rings (SSSR count). The number of hydrogen-bond donors (Lipinski definition) is 2. The molecule has 5 nitrogen and oxygen atoms in total. The molecular weight excluding hydrogens is 310 g/mol. The van der Waals surface area contributed by atoms with Gasteiger partial charge in [0.05, 0.1) is 22.2 Å². The van der Waals surface area contributed by atoms with Crippen LogP contribution in [0.5, 0.6) is 0 Å². The third kappa shape index (κ3) is 3.43. The van der Waals surface area contributed by atoms with Gasteiger partial charge in [-0.25, -0.2) is 4.98 Å². The van der Waals surface area contributed by atoms with Gasteiger partial charge in [0.2, 0.25) is 5.91 Å². The maximum absolute atomic E-state index is 11.9. The largest absolute Gasteiger partial charge is 0.392 e. The van der Waals surface area contributed by atoms with Gasteiger partial charge < -0.3 is 15.4 Å². The van der Waals surface area contributed by atoms with Crippen molar-refractivity contribution in [2.45, 2.75) is 32.3 Å². The van der Waals surface area contributed by atoms with Crippen molar-refractivity contribution in [3.8, 4) is 0 Å². The Kier molecular flexibility index (Phi) is 4.46. The molecule has 1 aromatic heterocycles. The van der Waals surface area contributed by atoms with Crippen molar-refractivity contribution >= 4 is 38.8 Å². The Bertz CT molecular complexity index is 753. The Balaban J connectivity index is 1.84. The van der Waals surface area contributed by atoms with Crippen LogP contribution in [-0.2, 0) is 4.79 Å². The van der Waals surface area contributed by atoms with E-state index in [1.807, 2.05) is 12.3 Å². The van der Waals surface area contributed by atoms with Crippen LogP contribution in [0, 0.1) is 11.8 Å². The van der Waals surface area contributed by atoms with Gasteiger partial charge in [0, 0.05) is 19.2 Å². The van der Waals surface area contributed by atoms with E-state index in [0.717, 1.165) is 10.2 Å². The number of aromatic nitrogens is 1. The number of benzene rings is 1. The van der Waals surface area contributed by atoms with Crippen LogP contribution in [0.2, 0.25) is 0 Å². The van der Waals surface area contributed by atoms with Crippen LogP contribution >= 0.6 is 11.3 Å². The van der Waals surface area contributed by atoms with E-state index < -0.39 is 6.10 Å². The molecule has 1 fully saturated rings. The van der Waals surface area contributed by atoms with E-state index in [9.17, 15) is 9.90 Å². The van der Waals surface area contributed by atoms with E-state index in [2.05, 4.69) is 41.3 Å². The molecule has 1 heterocycles. The van der Waals surface area contributed by atoms with Gasteiger partial charge in [-0.15, -0.1) is 0 Å². The second kappa shape index (κ2) is 6.37. The molecule has 1 aliphatic rings. The molecule has 2 N–H and O–H groups in total. The SMILES string of the molecule is CN=CC(c1ccc2nc(NC(=O)[C@@H]3C[C@@H]3O)sc2c1)C(C)C. The molecule has 0 spiro atoms. The number of anilines is 1. The molecule has 0 bridgehead atoms. The maximum atomic E-state index is 11.9. The summed E-state index contributed by atoms with van der Waals surface area (Å²) in [5.41, 5.74) is 2.08. The molecular formula is C17H21N3O2S. The first-order valence-corrected chi connectivity index (χ1v) is 8.63. The Morgan fingerprint density at radius 1 is 1.52 bits per heavy atom. The lowest BCUT2D eigenvalue weighted by Crippen LogP contribution is -2.15. The monoisotopic (exact) mass is 331 g/mol. The van der Waals surface area contributed by atoms with E-state index in [-0.39, 0.29) is 17.7 Å². The van der Waals surface area contributed by atoms with E-state index in [1.54, 1.807) is 7.05 Å². The number of aliphatic hydroxyl groups excluding tert-OH is 1. The van der Waals surface area contributed by atoms with Gasteiger partial charge in [-0.1, -0.05) is 31.3 Å². The zero-order chi connectivity index (χ0) is 16.6. The Morgan fingerprint density at radius 3 is 2.87 bits per heavy atom. The molecule has 0 radical (unpaired) electrons. The number of nitrogens with zero attached hydrogens (tertiary/aromatic N) is 2. The minimum absolute atomic E-state index is 0.144. The maximum Gasteiger partial charge on any atom is 0.231 e. The number of carbonyl (C=O) groups excluding carboxylic acids is 1. The molecule has 0 saturated heterocycles. The predicted molar refractivity (Wildman–Crippen MR) is 94.4 cm³/mol. The molecule has 1 saturated carbocycles. The quantitative estimate of drug-likeness (QED) is 0.827. The normalized spacial score (nSPS) is 22.0. The van der Waals surface area contributed by atoms with Crippen molar-refractivity contribution < 1.29 is 9.90 Å². The van der Waals surface area contributed by atoms with Crippen molar-refractivity contribution in [2.24, 2.45) is 16.8 Å². The van der Waals surface area contributed by atoms with Crippen molar-refractivity contribution in [3.63, 3.8) is 0 Å². The second-order valence-electron chi connectivity index (χ2n) is 6.32. The number of nitrogens with one attached hydrogen (secondary N) is 1. The standard InChI is InChI=1S/C17H21N3O2S/c1-9(2)12(8-18-3)10-4-5-13-15(6-10)23-17(19-13)20-16(22)11-7-14(11)21/h4-6,8-9,11-12,14,21H,7H2,1-3H3,(H,19,20,22)/t11-,12?,14+/m1/s1. The Labute approximate surface area is 139 Å². The van der Waals surface area contributed by atoms with Crippen LogP contribution < -0.4 is 5.32 Å². The number of amides is 1. The van der Waals surface area contributed by atoms with E-state index in [0.29, 0.717) is 17.5 Å². The van der Waals surface area contributed by atoms with Crippen LogP contribution in [-0.4, -0.2) is 35.4 Å². The second-order valence-corrected chi connectivity index (χ2v) is 7.35. The molecule has 1 aromatic carbocycles. The zero-order valence-electron chi connectivity index (χ0n) is 13.5. The molecule has 1 unspecified atom stereocenters. The van der Waals surface area contributed by atoms with Gasteiger partial charge in [-0.2, -0.15) is 0 Å². The third-order valence-corrected chi connectivity index (χ3v) is 5.08. The molecule has 1 aliphatic carbocycles. The van der Waals surface area contributed by atoms with Gasteiger partial charge in [0.25, 0.3) is 0 Å². The Morgan fingerprint density at radius 2 is 2.26 bits per heavy atom. The summed E-state index contributed by atoms with van der Waals surface area (Å²) in [4.78, 5) is 20.5. The highest BCUT2D eigenvalue weighted by Gasteiger charge is 2.41. The summed E-state index contributed by atoms with van der Waals surface area (Å²) in [6, 6.07) is 6.19. The summed E-state index contributed by atoms with van der Waals surface area (Å²) < 4.78 is 1.05. The van der Waals surface area contributed by atoms with Gasteiger partial charge in [0.1, 0.15) is 0 Å². The number of thiazole rings is 1. The minimum atomic E-state index is -0.490. The summed E-state index contributed by atoms with van der Waals surface area (Å²) in [5, 5.41) is 12.7. The van der Waals surface area contributed by atoms with Crippen LogP contribution in [0.25, 0.3) is 10.2 Å². The minimum Gasteiger partial charge on any atom is -0.392 e. The van der Waals surface area contributed by atoms with E-state index in [4.69, 9.17) is 0 Å². The number of hydrogen-bond acceptors (Lipinski definition) is 5. The summed E-state index contributed by atoms with van der Waals surface area (Å²) in [6.07, 6.45) is 2.04. The zero-order valence-corrected chi connectivity index (χ0v) is 14.3. The molecule has 0 aliphatic heterocycles. The average molecular weight is 331 g/mol. The lowest BCUT2D eigenvalue weighted by molar-refractivity contribution is -0.117. The van der Waals surface area contributed by atoms with Crippen molar-refractivity contribution in [1.82, 2.24) is 4.98 Å². The van der Waals surface area contributed by atoms with Gasteiger partial charge in [-0.3, -0.25) is 4.79 Å². The fourth-order valence-corrected chi connectivity index (χ4v) is 3.58. The average Bonchev–Trinajstić information content (AvgIpc) is 3.10. The first kappa shape index (κ1) is 16.1. The predicted octanol–water partition coefficient (Wildman–Crippen LogP) is 3.06. The topological polar surface area (TPSA) is 74.6 Å². The number of rotatable bonds is 5. The summed E-state index contributed by atoms with van der Waals surface area (Å²) in [6.45, 7) is 4.35. The number of aliphatic imine (C=N–C) groups is 1. The summed E-state index contributed by atoms with van der Waals surface area (Å²) in [5.74, 6) is 0.310. The molecule has 2 aromatic rings. The number of fused-ring (bicyclic) bond motifs is 1. The van der Waals surface area contributed by atoms with Crippen molar-refractivity contribution in [3.05, 3.63) is 23.8 Å². The first-order valence-electron chi connectivity index (χ1n) is 7.81. The molecule has 6 heteroatoms. The highest BCUT2D eigenvalue weighted by Crippen LogP contribution is 2.34. The van der Waals surface area contributed by atoms with Crippen LogP contribution in [0.15, 0.2) is 23.2 Å². The van der Waals surface area contributed by atoms with E-state index in [1.165, 1.54) is 16.9 Å². The van der Waals surface area contributed by atoms with Gasteiger partial charge >= 0.3 is 0 Å². The van der Waals surface area contributed by atoms with Crippen LogP contribution in [0.3, 0.4) is 0 Å². The number of aliphatic hydroxyl groups is 1. The van der Waals surface area contributed by atoms with Crippen LogP contribution in [0.4, 0.5) is 5.13 Å². The lowest BCUT2D eigenvalue weighted by Gasteiger charge is -2.16. The van der Waals surface area contributed by atoms with Crippen molar-refractivity contribution in [2.75, 3.05) is 12.4 Å². The molecule has 122 valence electrons. The highest BCUT2D eigenvalue weighted by molar-refractivity contribution is 7.22. The fourth-order valence-electron chi connectivity index (χ4n) is 2.67. The Hall–Kier alpha value is -1.79.